The number of benzene rings is 1. The number of hydrogen-bond donors (Lipinski definition) is 1. The Morgan fingerprint density at radius 2 is 2.06 bits per heavy atom. The molecular formula is C12H10ClN3OS. The van der Waals surface area contributed by atoms with Gasteiger partial charge < -0.3 is 5.21 Å². The molecule has 0 aliphatic carbocycles. The van der Waals surface area contributed by atoms with Crippen molar-refractivity contribution in [1.82, 2.24) is 9.97 Å². The summed E-state index contributed by atoms with van der Waals surface area (Å²) in [7, 11) is 0. The van der Waals surface area contributed by atoms with Gasteiger partial charge in [0.2, 0.25) is 0 Å². The van der Waals surface area contributed by atoms with Crippen molar-refractivity contribution in [3.05, 3.63) is 52.8 Å². The van der Waals surface area contributed by atoms with Gasteiger partial charge in [-0.15, -0.1) is 0 Å². The van der Waals surface area contributed by atoms with Gasteiger partial charge in [0, 0.05) is 17.0 Å². The van der Waals surface area contributed by atoms with Crippen LogP contribution in [0.25, 0.3) is 0 Å². The molecule has 2 rings (SSSR count). The Hall–Kier alpha value is -1.59. The van der Waals surface area contributed by atoms with Crippen LogP contribution in [0.4, 0.5) is 0 Å². The highest BCUT2D eigenvalue weighted by Crippen LogP contribution is 2.20. The molecule has 0 unspecified atom stereocenters. The van der Waals surface area contributed by atoms with Gasteiger partial charge in [0.15, 0.2) is 5.16 Å². The quantitative estimate of drug-likeness (QED) is 0.307. The van der Waals surface area contributed by atoms with E-state index in [0.717, 1.165) is 16.3 Å². The first-order valence-electron chi connectivity index (χ1n) is 5.15. The van der Waals surface area contributed by atoms with E-state index in [1.807, 2.05) is 24.3 Å². The van der Waals surface area contributed by atoms with Crippen molar-refractivity contribution in [2.75, 3.05) is 0 Å². The summed E-state index contributed by atoms with van der Waals surface area (Å²) in [4.78, 5) is 8.35. The van der Waals surface area contributed by atoms with Gasteiger partial charge in [-0.2, -0.15) is 0 Å². The molecule has 0 amide bonds. The standard InChI is InChI=1S/C12H10ClN3OS/c13-10-3-1-9(2-4-10)8-18-12-14-6-5-11(16-12)7-15-17/h1-7,17H,8H2/b15-7+. The van der Waals surface area contributed by atoms with Crippen LogP contribution in [0.1, 0.15) is 11.3 Å². The zero-order valence-electron chi connectivity index (χ0n) is 9.32. The van der Waals surface area contributed by atoms with Crippen molar-refractivity contribution in [3.63, 3.8) is 0 Å². The van der Waals surface area contributed by atoms with E-state index in [2.05, 4.69) is 15.1 Å². The molecular weight excluding hydrogens is 270 g/mol. The van der Waals surface area contributed by atoms with Gasteiger partial charge in [0.1, 0.15) is 0 Å². The third kappa shape index (κ3) is 3.72. The number of nitrogens with zero attached hydrogens (tertiary/aromatic N) is 3. The van der Waals surface area contributed by atoms with Crippen LogP contribution in [0, 0.1) is 0 Å². The maximum atomic E-state index is 8.43. The number of rotatable bonds is 4. The van der Waals surface area contributed by atoms with Crippen molar-refractivity contribution in [1.29, 1.82) is 0 Å². The highest BCUT2D eigenvalue weighted by atomic mass is 35.5. The number of halogens is 1. The van der Waals surface area contributed by atoms with Crippen molar-refractivity contribution < 1.29 is 5.21 Å². The average molecular weight is 280 g/mol. The Kier molecular flexibility index (Phi) is 4.55. The van der Waals surface area contributed by atoms with Gasteiger partial charge in [-0.25, -0.2) is 9.97 Å². The van der Waals surface area contributed by atoms with E-state index in [4.69, 9.17) is 16.8 Å². The van der Waals surface area contributed by atoms with E-state index in [1.165, 1.54) is 18.0 Å². The van der Waals surface area contributed by atoms with Crippen LogP contribution >= 0.6 is 23.4 Å². The fraction of sp³-hybridized carbons (Fsp3) is 0.0833. The normalized spacial score (nSPS) is 10.9. The third-order valence-corrected chi connectivity index (χ3v) is 3.31. The second-order valence-corrected chi connectivity index (χ2v) is 4.80. The lowest BCUT2D eigenvalue weighted by Gasteiger charge is -2.01. The lowest BCUT2D eigenvalue weighted by Crippen LogP contribution is -1.93. The number of oxime groups is 1. The molecule has 0 radical (unpaired) electrons. The van der Waals surface area contributed by atoms with Gasteiger partial charge >= 0.3 is 0 Å². The molecule has 0 saturated heterocycles. The van der Waals surface area contributed by atoms with Crippen LogP contribution in [0.5, 0.6) is 0 Å². The Balaban J connectivity index is 2.01. The van der Waals surface area contributed by atoms with Gasteiger partial charge in [-0.3, -0.25) is 0 Å². The molecule has 0 saturated carbocycles. The van der Waals surface area contributed by atoms with Crippen LogP contribution in [-0.2, 0) is 5.75 Å². The predicted molar refractivity (Wildman–Crippen MR) is 72.4 cm³/mol. The van der Waals surface area contributed by atoms with Crippen LogP contribution in [-0.4, -0.2) is 21.4 Å². The van der Waals surface area contributed by atoms with Gasteiger partial charge in [-0.05, 0) is 23.8 Å². The summed E-state index contributed by atoms with van der Waals surface area (Å²) in [6.45, 7) is 0. The number of thioether (sulfide) groups is 1. The van der Waals surface area contributed by atoms with Crippen LogP contribution in [0.3, 0.4) is 0 Å². The first-order chi connectivity index (χ1) is 8.78. The lowest BCUT2D eigenvalue weighted by atomic mass is 10.2. The van der Waals surface area contributed by atoms with Crippen molar-refractivity contribution >= 4 is 29.6 Å². The summed E-state index contributed by atoms with van der Waals surface area (Å²) in [5.74, 6) is 0.761. The van der Waals surface area contributed by atoms with Gasteiger partial charge in [-0.1, -0.05) is 40.7 Å². The summed E-state index contributed by atoms with van der Waals surface area (Å²) in [5.41, 5.74) is 1.72. The lowest BCUT2D eigenvalue weighted by molar-refractivity contribution is 0.321. The summed E-state index contributed by atoms with van der Waals surface area (Å²) in [6, 6.07) is 9.31. The molecule has 92 valence electrons. The van der Waals surface area contributed by atoms with Gasteiger partial charge in [0.05, 0.1) is 11.9 Å². The fourth-order valence-corrected chi connectivity index (χ4v) is 2.20. The molecule has 18 heavy (non-hydrogen) atoms. The van der Waals surface area contributed by atoms with Crippen LogP contribution in [0.15, 0.2) is 46.8 Å². The Bertz CT molecular complexity index is 545. The fourth-order valence-electron chi connectivity index (χ4n) is 1.28. The molecule has 1 aromatic heterocycles. The SMILES string of the molecule is O/N=C/c1ccnc(SCc2ccc(Cl)cc2)n1. The largest absolute Gasteiger partial charge is 0.411 e. The molecule has 1 aromatic carbocycles. The predicted octanol–water partition coefficient (Wildman–Crippen LogP) is 3.23. The van der Waals surface area contributed by atoms with Crippen molar-refractivity contribution in [3.8, 4) is 0 Å². The first kappa shape index (κ1) is 12.9. The monoisotopic (exact) mass is 279 g/mol. The topological polar surface area (TPSA) is 58.4 Å². The van der Waals surface area contributed by atoms with E-state index < -0.39 is 0 Å². The third-order valence-electron chi connectivity index (χ3n) is 2.13. The summed E-state index contributed by atoms with van der Waals surface area (Å²) >= 11 is 7.33. The van der Waals surface area contributed by atoms with E-state index in [0.29, 0.717) is 10.9 Å². The molecule has 4 nitrogen and oxygen atoms in total. The molecule has 0 atom stereocenters. The molecule has 0 bridgehead atoms. The van der Waals surface area contributed by atoms with E-state index in [1.54, 1.807) is 12.3 Å². The second-order valence-electron chi connectivity index (χ2n) is 3.42. The second kappa shape index (κ2) is 6.37. The molecule has 1 heterocycles. The zero-order valence-corrected chi connectivity index (χ0v) is 10.9. The van der Waals surface area contributed by atoms with Crippen LogP contribution < -0.4 is 0 Å². The highest BCUT2D eigenvalue weighted by molar-refractivity contribution is 7.98. The maximum Gasteiger partial charge on any atom is 0.188 e. The average Bonchev–Trinajstić information content (AvgIpc) is 2.39. The first-order valence-corrected chi connectivity index (χ1v) is 6.52. The number of hydrogen-bond acceptors (Lipinski definition) is 5. The van der Waals surface area contributed by atoms with Gasteiger partial charge in [0.25, 0.3) is 0 Å². The minimum Gasteiger partial charge on any atom is -0.411 e. The Labute approximate surface area is 114 Å². The highest BCUT2D eigenvalue weighted by Gasteiger charge is 2.00. The van der Waals surface area contributed by atoms with E-state index >= 15 is 0 Å². The van der Waals surface area contributed by atoms with Crippen molar-refractivity contribution in [2.24, 2.45) is 5.16 Å². The van der Waals surface area contributed by atoms with Crippen molar-refractivity contribution in [2.45, 2.75) is 10.9 Å². The van der Waals surface area contributed by atoms with E-state index in [9.17, 15) is 0 Å². The number of aromatic nitrogens is 2. The smallest absolute Gasteiger partial charge is 0.188 e. The Morgan fingerprint density at radius 1 is 1.28 bits per heavy atom. The summed E-state index contributed by atoms with van der Waals surface area (Å²) in [5, 5.41) is 12.7. The molecule has 0 aliphatic rings. The summed E-state index contributed by atoms with van der Waals surface area (Å²) < 4.78 is 0. The molecule has 2 aromatic rings. The molecule has 6 heteroatoms. The Morgan fingerprint density at radius 3 is 2.78 bits per heavy atom. The molecule has 0 spiro atoms. The minimum absolute atomic E-state index is 0.575. The van der Waals surface area contributed by atoms with E-state index in [-0.39, 0.29) is 0 Å². The molecule has 0 aliphatic heterocycles. The summed E-state index contributed by atoms with van der Waals surface area (Å²) in [6.07, 6.45) is 2.90. The van der Waals surface area contributed by atoms with Crippen LogP contribution in [0.2, 0.25) is 5.02 Å². The maximum absolute atomic E-state index is 8.43. The zero-order chi connectivity index (χ0) is 12.8. The molecule has 1 N–H and O–H groups in total. The molecule has 0 fully saturated rings. The minimum atomic E-state index is 0.575.